The van der Waals surface area contributed by atoms with E-state index in [0.717, 1.165) is 60.0 Å². The number of rotatable bonds is 9. The minimum atomic E-state index is -0.790. The summed E-state index contributed by atoms with van der Waals surface area (Å²) in [5, 5.41) is 24.1. The molecule has 2 aromatic carbocycles. The van der Waals surface area contributed by atoms with Crippen LogP contribution in [0.2, 0.25) is 0 Å². The Morgan fingerprint density at radius 3 is 2.72 bits per heavy atom. The lowest BCUT2D eigenvalue weighted by Gasteiger charge is -2.47. The lowest BCUT2D eigenvalue weighted by atomic mass is 9.89. The zero-order chi connectivity index (χ0) is 30.0. The fraction of sp³-hybridized carbons (Fsp3) is 0.438. The average molecular weight is 623 g/mol. The van der Waals surface area contributed by atoms with E-state index in [1.165, 1.54) is 17.2 Å². The van der Waals surface area contributed by atoms with Crippen LogP contribution in [0.25, 0.3) is 10.2 Å². The number of aromatic amines is 1. The maximum Gasteiger partial charge on any atom is 0.305 e. The summed E-state index contributed by atoms with van der Waals surface area (Å²) in [5.74, 6) is 0.132. The minimum absolute atomic E-state index is 0.00606. The molecule has 6 rings (SSSR count). The molecule has 228 valence electrons. The van der Waals surface area contributed by atoms with E-state index in [4.69, 9.17) is 4.74 Å². The van der Waals surface area contributed by atoms with E-state index in [1.54, 1.807) is 17.4 Å². The minimum Gasteiger partial charge on any atom is -0.506 e. The number of aromatic nitrogens is 1. The standard InChI is InChI=1S/C32H38N4O5S2/c1-21-5-8-27(42-21)30(39)36-15-16-41-32(20-36)10-13-35(14-11-32)19-23-4-2-3-22(17-23)9-12-33-18-26(38)24-6-7-25(37)28-29(24)43-31(40)34-28/h2-8,17,26,33,37-38H,9-16,18-20H2,1H3,(H,34,40). The number of thiophene rings is 1. The van der Waals surface area contributed by atoms with Crippen molar-refractivity contribution >= 4 is 38.8 Å². The fourth-order valence-electron chi connectivity index (χ4n) is 6.17. The van der Waals surface area contributed by atoms with Crippen LogP contribution in [-0.2, 0) is 17.7 Å². The monoisotopic (exact) mass is 622 g/mol. The molecule has 2 fully saturated rings. The molecule has 1 amide bonds. The molecule has 4 aromatic rings. The highest BCUT2D eigenvalue weighted by Crippen LogP contribution is 2.33. The Morgan fingerprint density at radius 2 is 1.93 bits per heavy atom. The molecule has 1 unspecified atom stereocenters. The number of likely N-dealkylation sites (tertiary alicyclic amines) is 1. The molecule has 0 saturated carbocycles. The van der Waals surface area contributed by atoms with Gasteiger partial charge in [0, 0.05) is 43.2 Å². The fourth-order valence-corrected chi connectivity index (χ4v) is 7.92. The number of hydrogen-bond donors (Lipinski definition) is 4. The summed E-state index contributed by atoms with van der Waals surface area (Å²) in [5.41, 5.74) is 3.26. The largest absolute Gasteiger partial charge is 0.506 e. The number of aryl methyl sites for hydroxylation is 1. The molecular formula is C32H38N4O5S2. The van der Waals surface area contributed by atoms with Gasteiger partial charge in [0.15, 0.2) is 0 Å². The molecule has 0 radical (unpaired) electrons. The summed E-state index contributed by atoms with van der Waals surface area (Å²) in [7, 11) is 0. The molecule has 2 aromatic heterocycles. The van der Waals surface area contributed by atoms with Gasteiger partial charge in [0.25, 0.3) is 5.91 Å². The topological polar surface area (TPSA) is 118 Å². The third-order valence-corrected chi connectivity index (χ3v) is 10.4. The third kappa shape index (κ3) is 6.87. The summed E-state index contributed by atoms with van der Waals surface area (Å²) in [4.78, 5) is 33.6. The zero-order valence-corrected chi connectivity index (χ0v) is 25.9. The van der Waals surface area contributed by atoms with Crippen molar-refractivity contribution in [3.63, 3.8) is 0 Å². The first-order valence-corrected chi connectivity index (χ1v) is 16.5. The van der Waals surface area contributed by atoms with Crippen LogP contribution in [0.3, 0.4) is 0 Å². The number of fused-ring (bicyclic) bond motifs is 1. The first-order chi connectivity index (χ1) is 20.8. The predicted molar refractivity (Wildman–Crippen MR) is 170 cm³/mol. The van der Waals surface area contributed by atoms with Crippen LogP contribution in [-0.4, -0.2) is 82.4 Å². The normalized spacial score (nSPS) is 18.0. The second-order valence-electron chi connectivity index (χ2n) is 11.6. The van der Waals surface area contributed by atoms with E-state index in [0.29, 0.717) is 48.6 Å². The van der Waals surface area contributed by atoms with E-state index in [2.05, 4.69) is 39.5 Å². The Hall–Kier alpha value is -3.06. The van der Waals surface area contributed by atoms with Crippen LogP contribution in [0.4, 0.5) is 0 Å². The number of benzene rings is 2. The van der Waals surface area contributed by atoms with E-state index >= 15 is 0 Å². The number of piperidine rings is 1. The van der Waals surface area contributed by atoms with Gasteiger partial charge in [0.1, 0.15) is 11.3 Å². The Labute approximate surface area is 258 Å². The first-order valence-electron chi connectivity index (χ1n) is 14.8. The number of aliphatic hydroxyl groups excluding tert-OH is 1. The van der Waals surface area contributed by atoms with Crippen molar-refractivity contribution in [2.75, 3.05) is 45.9 Å². The maximum atomic E-state index is 13.1. The summed E-state index contributed by atoms with van der Waals surface area (Å²) < 4.78 is 6.89. The maximum absolute atomic E-state index is 13.1. The van der Waals surface area contributed by atoms with Crippen molar-refractivity contribution in [2.45, 2.75) is 44.4 Å². The number of nitrogens with one attached hydrogen (secondary N) is 2. The highest BCUT2D eigenvalue weighted by atomic mass is 32.1. The van der Waals surface area contributed by atoms with E-state index in [-0.39, 0.29) is 22.1 Å². The number of thiazole rings is 1. The molecule has 4 heterocycles. The number of morpholine rings is 1. The molecule has 9 nitrogen and oxygen atoms in total. The van der Waals surface area contributed by atoms with Crippen molar-refractivity contribution in [3.8, 4) is 5.75 Å². The van der Waals surface area contributed by atoms with Gasteiger partial charge in [0.05, 0.1) is 34.4 Å². The van der Waals surface area contributed by atoms with Gasteiger partial charge >= 0.3 is 4.87 Å². The van der Waals surface area contributed by atoms with Crippen molar-refractivity contribution in [1.82, 2.24) is 20.1 Å². The molecule has 43 heavy (non-hydrogen) atoms. The number of phenols is 1. The smallest absolute Gasteiger partial charge is 0.305 e. The number of aromatic hydroxyl groups is 1. The van der Waals surface area contributed by atoms with Gasteiger partial charge in [-0.1, -0.05) is 41.7 Å². The van der Waals surface area contributed by atoms with E-state index < -0.39 is 6.10 Å². The van der Waals surface area contributed by atoms with Crippen LogP contribution in [0.15, 0.2) is 53.3 Å². The molecule has 2 saturated heterocycles. The van der Waals surface area contributed by atoms with Gasteiger partial charge in [-0.25, -0.2) is 0 Å². The highest BCUT2D eigenvalue weighted by Gasteiger charge is 2.41. The van der Waals surface area contributed by atoms with Gasteiger partial charge in [-0.15, -0.1) is 11.3 Å². The number of hydrogen-bond acceptors (Lipinski definition) is 9. The molecule has 0 bridgehead atoms. The Bertz CT molecular complexity index is 1640. The molecule has 2 aliphatic rings. The number of aliphatic hydroxyl groups is 1. The summed E-state index contributed by atoms with van der Waals surface area (Å²) in [6.07, 6.45) is 1.87. The van der Waals surface area contributed by atoms with Crippen LogP contribution in [0, 0.1) is 6.92 Å². The van der Waals surface area contributed by atoms with Crippen molar-refractivity contribution in [3.05, 3.63) is 84.6 Å². The number of carbonyl (C=O) groups excluding carboxylic acids is 1. The summed E-state index contributed by atoms with van der Waals surface area (Å²) in [6, 6.07) is 15.8. The molecule has 1 atom stereocenters. The zero-order valence-electron chi connectivity index (χ0n) is 24.3. The van der Waals surface area contributed by atoms with Gasteiger partial charge in [-0.3, -0.25) is 14.5 Å². The summed E-state index contributed by atoms with van der Waals surface area (Å²) in [6.45, 7) is 7.74. The second-order valence-corrected chi connectivity index (χ2v) is 13.9. The Kier molecular flexibility index (Phi) is 8.99. The molecule has 0 aliphatic carbocycles. The number of ether oxygens (including phenoxy) is 1. The quantitative estimate of drug-likeness (QED) is 0.208. The van der Waals surface area contributed by atoms with Crippen LogP contribution >= 0.6 is 22.7 Å². The lowest BCUT2D eigenvalue weighted by Crippen LogP contribution is -2.57. The molecule has 2 aliphatic heterocycles. The van der Waals surface area contributed by atoms with Gasteiger partial charge in [-0.05, 0) is 62.1 Å². The SMILES string of the molecule is Cc1ccc(C(=O)N2CCOC3(CCN(Cc4cccc(CCNCC(O)c5ccc(O)c6[nH]c(=O)sc56)c4)CC3)C2)s1. The van der Waals surface area contributed by atoms with E-state index in [1.807, 2.05) is 24.0 Å². The summed E-state index contributed by atoms with van der Waals surface area (Å²) >= 11 is 2.56. The van der Waals surface area contributed by atoms with Crippen LogP contribution in [0.5, 0.6) is 5.75 Å². The predicted octanol–water partition coefficient (Wildman–Crippen LogP) is 4.04. The van der Waals surface area contributed by atoms with Crippen LogP contribution < -0.4 is 10.2 Å². The Balaban J connectivity index is 0.969. The number of phenolic OH excluding ortho intramolecular Hbond substituents is 1. The molecule has 11 heteroatoms. The van der Waals surface area contributed by atoms with Crippen molar-refractivity contribution in [2.24, 2.45) is 0 Å². The number of amides is 1. The van der Waals surface area contributed by atoms with Gasteiger partial charge in [0.2, 0.25) is 0 Å². The second kappa shape index (κ2) is 12.9. The van der Waals surface area contributed by atoms with E-state index in [9.17, 15) is 19.8 Å². The van der Waals surface area contributed by atoms with Gasteiger partial charge < -0.3 is 30.2 Å². The molecular weight excluding hydrogens is 585 g/mol. The average Bonchev–Trinajstić information content (AvgIpc) is 3.62. The molecule has 4 N–H and O–H groups in total. The number of carbonyl (C=O) groups is 1. The van der Waals surface area contributed by atoms with Crippen LogP contribution in [0.1, 0.15) is 50.2 Å². The number of H-pyrrole nitrogens is 1. The lowest BCUT2D eigenvalue weighted by molar-refractivity contribution is -0.127. The Morgan fingerprint density at radius 1 is 1.12 bits per heavy atom. The van der Waals surface area contributed by atoms with Gasteiger partial charge in [-0.2, -0.15) is 0 Å². The third-order valence-electron chi connectivity index (χ3n) is 8.53. The van der Waals surface area contributed by atoms with Crippen molar-refractivity contribution in [1.29, 1.82) is 0 Å². The first kappa shape index (κ1) is 30.0. The highest BCUT2D eigenvalue weighted by molar-refractivity contribution is 7.16. The number of nitrogens with zero attached hydrogens (tertiary/aromatic N) is 2. The molecule has 1 spiro atoms. The van der Waals surface area contributed by atoms with Crippen molar-refractivity contribution < 1.29 is 19.7 Å².